The maximum absolute atomic E-state index is 12.0. The zero-order valence-corrected chi connectivity index (χ0v) is 13.7. The Morgan fingerprint density at radius 3 is 2.45 bits per heavy atom. The van der Waals surface area contributed by atoms with Crippen molar-refractivity contribution in [1.29, 1.82) is 0 Å². The van der Waals surface area contributed by atoms with Crippen molar-refractivity contribution >= 4 is 23.1 Å². The number of hydrogen-bond acceptors (Lipinski definition) is 4. The zero-order valence-electron chi connectivity index (χ0n) is 13.7. The number of aliphatic imine (C=N–C) groups is 1. The lowest BCUT2D eigenvalue weighted by molar-refractivity contribution is -0.117. The molecule has 0 aliphatic heterocycles. The fourth-order valence-electron chi connectivity index (χ4n) is 1.78. The van der Waals surface area contributed by atoms with Crippen LogP contribution in [0, 0.1) is 0 Å². The summed E-state index contributed by atoms with van der Waals surface area (Å²) in [5.74, 6) is 0.747. The van der Waals surface area contributed by atoms with Crippen LogP contribution in [0.25, 0.3) is 0 Å². The lowest BCUT2D eigenvalue weighted by Crippen LogP contribution is -2.35. The van der Waals surface area contributed by atoms with E-state index >= 15 is 0 Å². The van der Waals surface area contributed by atoms with Gasteiger partial charge in [-0.05, 0) is 50.6 Å². The van der Waals surface area contributed by atoms with Crippen molar-refractivity contribution < 1.29 is 4.79 Å². The third kappa shape index (κ3) is 6.24. The molecule has 6 nitrogen and oxygen atoms in total. The van der Waals surface area contributed by atoms with Crippen molar-refractivity contribution in [3.63, 3.8) is 0 Å². The molecule has 0 spiro atoms. The second kappa shape index (κ2) is 9.17. The molecule has 0 heterocycles. The molecule has 0 radical (unpaired) electrons. The predicted molar refractivity (Wildman–Crippen MR) is 92.4 cm³/mol. The molecule has 0 fully saturated rings. The number of nitrogens with zero attached hydrogens (tertiary/aromatic N) is 2. The lowest BCUT2D eigenvalue weighted by atomic mass is 10.1. The van der Waals surface area contributed by atoms with E-state index in [4.69, 9.17) is 11.5 Å². The van der Waals surface area contributed by atoms with E-state index in [2.05, 4.69) is 10.3 Å². The first-order valence-electron chi connectivity index (χ1n) is 7.53. The lowest BCUT2D eigenvalue weighted by Gasteiger charge is -2.13. The number of anilines is 1. The highest BCUT2D eigenvalue weighted by molar-refractivity contribution is 5.94. The Labute approximate surface area is 132 Å². The molecule has 0 unspecified atom stereocenters. The van der Waals surface area contributed by atoms with Gasteiger partial charge in [-0.15, -0.1) is 0 Å². The Hall–Kier alpha value is -1.92. The third-order valence-corrected chi connectivity index (χ3v) is 3.38. The number of benzene rings is 1. The molecular formula is C16H27N5O. The Morgan fingerprint density at radius 1 is 1.27 bits per heavy atom. The summed E-state index contributed by atoms with van der Waals surface area (Å²) in [6, 6.07) is 6.88. The van der Waals surface area contributed by atoms with Crippen LogP contribution < -0.4 is 16.8 Å². The van der Waals surface area contributed by atoms with Crippen LogP contribution in [0.1, 0.15) is 26.2 Å². The van der Waals surface area contributed by atoms with E-state index in [1.165, 1.54) is 0 Å². The summed E-state index contributed by atoms with van der Waals surface area (Å²) in [7, 11) is 3.89. The molecule has 1 rings (SSSR count). The Kier molecular flexibility index (Phi) is 7.56. The van der Waals surface area contributed by atoms with Crippen molar-refractivity contribution in [3.05, 3.63) is 24.3 Å². The normalized spacial score (nSPS) is 12.9. The standard InChI is InChI=1S/C16H27N5O/c1-12(21(2)3)19-13-7-9-14(10-8-13)20-16(22)15(18)6-4-5-11-17/h7-10,15H,4-6,11,17-18H2,1-3H3,(H,20,22)/b19-12+/t15-/m0/s1. The molecule has 0 bridgehead atoms. The summed E-state index contributed by atoms with van der Waals surface area (Å²) in [5, 5.41) is 2.82. The van der Waals surface area contributed by atoms with Crippen LogP contribution in [-0.4, -0.2) is 43.3 Å². The summed E-state index contributed by atoms with van der Waals surface area (Å²) < 4.78 is 0. The van der Waals surface area contributed by atoms with E-state index in [1.54, 1.807) is 0 Å². The maximum Gasteiger partial charge on any atom is 0.241 e. The summed E-state index contributed by atoms with van der Waals surface area (Å²) in [6.45, 7) is 2.57. The molecule has 22 heavy (non-hydrogen) atoms. The minimum atomic E-state index is -0.500. The van der Waals surface area contributed by atoms with Gasteiger partial charge in [0.05, 0.1) is 11.7 Å². The quantitative estimate of drug-likeness (QED) is 0.406. The highest BCUT2D eigenvalue weighted by Gasteiger charge is 2.12. The van der Waals surface area contributed by atoms with Gasteiger partial charge in [0.15, 0.2) is 0 Å². The maximum atomic E-state index is 12.0. The van der Waals surface area contributed by atoms with Crippen LogP contribution in [-0.2, 0) is 4.79 Å². The fraction of sp³-hybridized carbons (Fsp3) is 0.500. The summed E-state index contributed by atoms with van der Waals surface area (Å²) in [6.07, 6.45) is 2.40. The number of amides is 1. The minimum absolute atomic E-state index is 0.169. The number of rotatable bonds is 7. The van der Waals surface area contributed by atoms with Crippen LogP contribution in [0.2, 0.25) is 0 Å². The fourth-order valence-corrected chi connectivity index (χ4v) is 1.78. The topological polar surface area (TPSA) is 96.7 Å². The van der Waals surface area contributed by atoms with Gasteiger partial charge in [0.25, 0.3) is 0 Å². The molecule has 6 heteroatoms. The number of unbranched alkanes of at least 4 members (excludes halogenated alkanes) is 1. The first kappa shape index (κ1) is 18.1. The van der Waals surface area contributed by atoms with Crippen LogP contribution in [0.3, 0.4) is 0 Å². The molecule has 0 aromatic heterocycles. The van der Waals surface area contributed by atoms with Crippen LogP contribution in [0.15, 0.2) is 29.3 Å². The largest absolute Gasteiger partial charge is 0.366 e. The van der Waals surface area contributed by atoms with Gasteiger partial charge in [-0.25, -0.2) is 4.99 Å². The highest BCUT2D eigenvalue weighted by Crippen LogP contribution is 2.17. The van der Waals surface area contributed by atoms with E-state index in [9.17, 15) is 4.79 Å². The number of amidine groups is 1. The molecule has 1 amide bonds. The van der Waals surface area contributed by atoms with E-state index in [0.717, 1.165) is 30.1 Å². The molecule has 1 aromatic carbocycles. The minimum Gasteiger partial charge on any atom is -0.366 e. The SMILES string of the molecule is C/C(=N\c1ccc(NC(=O)[C@@H](N)CCCCN)cc1)N(C)C. The molecular weight excluding hydrogens is 278 g/mol. The van der Waals surface area contributed by atoms with Gasteiger partial charge < -0.3 is 21.7 Å². The van der Waals surface area contributed by atoms with Gasteiger partial charge in [0.1, 0.15) is 5.84 Å². The van der Waals surface area contributed by atoms with Crippen LogP contribution >= 0.6 is 0 Å². The average Bonchev–Trinajstić information content (AvgIpc) is 2.49. The van der Waals surface area contributed by atoms with E-state index in [-0.39, 0.29) is 5.91 Å². The molecule has 1 atom stereocenters. The van der Waals surface area contributed by atoms with Crippen molar-refractivity contribution in [2.75, 3.05) is 26.0 Å². The second-order valence-electron chi connectivity index (χ2n) is 5.48. The number of carbonyl (C=O) groups is 1. The van der Waals surface area contributed by atoms with Gasteiger partial charge in [-0.3, -0.25) is 4.79 Å². The number of carbonyl (C=O) groups excluding carboxylic acids is 1. The van der Waals surface area contributed by atoms with Crippen molar-refractivity contribution in [3.8, 4) is 0 Å². The molecule has 0 saturated heterocycles. The van der Waals surface area contributed by atoms with E-state index in [1.807, 2.05) is 50.2 Å². The van der Waals surface area contributed by atoms with Crippen LogP contribution in [0.4, 0.5) is 11.4 Å². The number of nitrogens with two attached hydrogens (primary N) is 2. The molecule has 1 aromatic rings. The van der Waals surface area contributed by atoms with Gasteiger partial charge in [0, 0.05) is 19.8 Å². The van der Waals surface area contributed by atoms with E-state index in [0.29, 0.717) is 13.0 Å². The first-order valence-corrected chi connectivity index (χ1v) is 7.53. The van der Waals surface area contributed by atoms with Crippen molar-refractivity contribution in [2.45, 2.75) is 32.2 Å². The first-order chi connectivity index (χ1) is 10.4. The summed E-state index contributed by atoms with van der Waals surface area (Å²) >= 11 is 0. The molecule has 5 N–H and O–H groups in total. The predicted octanol–water partition coefficient (Wildman–Crippen LogP) is 1.69. The molecule has 0 aliphatic carbocycles. The number of nitrogens with one attached hydrogen (secondary N) is 1. The second-order valence-corrected chi connectivity index (χ2v) is 5.48. The summed E-state index contributed by atoms with van der Waals surface area (Å²) in [4.78, 5) is 18.4. The Balaban J connectivity index is 2.57. The zero-order chi connectivity index (χ0) is 16.5. The van der Waals surface area contributed by atoms with E-state index < -0.39 is 6.04 Å². The van der Waals surface area contributed by atoms with Gasteiger partial charge >= 0.3 is 0 Å². The monoisotopic (exact) mass is 305 g/mol. The van der Waals surface area contributed by atoms with Gasteiger partial charge in [-0.2, -0.15) is 0 Å². The Morgan fingerprint density at radius 2 is 1.91 bits per heavy atom. The van der Waals surface area contributed by atoms with Gasteiger partial charge in [-0.1, -0.05) is 6.42 Å². The molecule has 0 aliphatic rings. The van der Waals surface area contributed by atoms with Crippen molar-refractivity contribution in [2.24, 2.45) is 16.5 Å². The Bertz CT molecular complexity index is 496. The average molecular weight is 305 g/mol. The molecule has 0 saturated carbocycles. The summed E-state index contributed by atoms with van der Waals surface area (Å²) in [5.41, 5.74) is 12.8. The number of hydrogen-bond donors (Lipinski definition) is 3. The highest BCUT2D eigenvalue weighted by atomic mass is 16.2. The molecule has 122 valence electrons. The smallest absolute Gasteiger partial charge is 0.241 e. The van der Waals surface area contributed by atoms with Crippen LogP contribution in [0.5, 0.6) is 0 Å². The van der Waals surface area contributed by atoms with Crippen molar-refractivity contribution in [1.82, 2.24) is 4.90 Å². The van der Waals surface area contributed by atoms with Gasteiger partial charge in [0.2, 0.25) is 5.91 Å². The third-order valence-electron chi connectivity index (χ3n) is 3.38.